The van der Waals surface area contributed by atoms with Crippen molar-refractivity contribution in [3.05, 3.63) is 0 Å². The van der Waals surface area contributed by atoms with Crippen LogP contribution in [-0.2, 0) is 13.3 Å². The van der Waals surface area contributed by atoms with Gasteiger partial charge in [0, 0.05) is 24.9 Å². The highest BCUT2D eigenvalue weighted by Crippen LogP contribution is 2.52. The minimum Gasteiger partial charge on any atom is -0.373 e. The molecular weight excluding hydrogens is 277 g/mol. The summed E-state index contributed by atoms with van der Waals surface area (Å²) in [7, 11) is -3.42. The van der Waals surface area contributed by atoms with Crippen molar-refractivity contribution in [3.63, 3.8) is 0 Å². The molecule has 1 atom stereocenters. The van der Waals surface area contributed by atoms with Crippen molar-refractivity contribution in [1.82, 2.24) is 0 Å². The highest BCUT2D eigenvalue weighted by Gasteiger charge is 2.63. The summed E-state index contributed by atoms with van der Waals surface area (Å²) >= 11 is 0. The summed E-state index contributed by atoms with van der Waals surface area (Å²) in [5, 5.41) is -1.24. The predicted octanol–water partition coefficient (Wildman–Crippen LogP) is 4.01. The maximum Gasteiger partial charge on any atom is 0.507 e. The van der Waals surface area contributed by atoms with E-state index >= 15 is 0 Å². The molecule has 0 rings (SSSR count). The van der Waals surface area contributed by atoms with Crippen LogP contribution in [0.1, 0.15) is 41.5 Å². The molecule has 0 spiro atoms. The second kappa shape index (κ2) is 7.06. The van der Waals surface area contributed by atoms with Crippen molar-refractivity contribution < 1.29 is 26.4 Å². The Kier molecular flexibility index (Phi) is 7.01. The molecule has 0 aromatic heterocycles. The number of hydrogen-bond donors (Lipinski definition) is 0. The Balaban J connectivity index is 5.53. The minimum absolute atomic E-state index is 0.264. The quantitative estimate of drug-likeness (QED) is 0.634. The Morgan fingerprint density at radius 1 is 0.895 bits per heavy atom. The second-order valence-corrected chi connectivity index (χ2v) is 8.11. The molecular formula is C12H25F3O3Si. The fourth-order valence-corrected chi connectivity index (χ4v) is 5.13. The van der Waals surface area contributed by atoms with Crippen LogP contribution < -0.4 is 0 Å². The fourth-order valence-electron chi connectivity index (χ4n) is 1.93. The predicted molar refractivity (Wildman–Crippen MR) is 69.9 cm³/mol. The lowest BCUT2D eigenvalue weighted by atomic mass is 9.96. The van der Waals surface area contributed by atoms with Gasteiger partial charge in [-0.3, -0.25) is 0 Å². The monoisotopic (exact) mass is 302 g/mol. The van der Waals surface area contributed by atoms with Crippen molar-refractivity contribution in [3.8, 4) is 0 Å². The molecule has 0 bridgehead atoms. The van der Waals surface area contributed by atoms with Crippen molar-refractivity contribution in [2.45, 2.75) is 52.8 Å². The Labute approximate surface area is 114 Å². The fraction of sp³-hybridized carbons (Fsp3) is 1.00. The highest BCUT2D eigenvalue weighted by molar-refractivity contribution is 6.64. The third kappa shape index (κ3) is 4.17. The topological polar surface area (TPSA) is 27.7 Å². The van der Waals surface area contributed by atoms with Crippen LogP contribution in [0.4, 0.5) is 13.2 Å². The third-order valence-corrected chi connectivity index (χ3v) is 7.38. The van der Waals surface area contributed by atoms with Gasteiger partial charge in [-0.1, -0.05) is 20.8 Å². The number of hydrogen-bond acceptors (Lipinski definition) is 3. The Morgan fingerprint density at radius 3 is 1.42 bits per heavy atom. The van der Waals surface area contributed by atoms with Crippen molar-refractivity contribution in [2.24, 2.45) is 5.92 Å². The lowest BCUT2D eigenvalue weighted by molar-refractivity contribution is -0.184. The summed E-state index contributed by atoms with van der Waals surface area (Å²) in [6.07, 6.45) is -4.31. The highest BCUT2D eigenvalue weighted by atomic mass is 28.4. The average molecular weight is 302 g/mol. The molecule has 7 heteroatoms. The molecule has 1 unspecified atom stereocenters. The van der Waals surface area contributed by atoms with E-state index in [2.05, 4.69) is 0 Å². The first-order valence-electron chi connectivity index (χ1n) is 6.57. The van der Waals surface area contributed by atoms with E-state index in [0.717, 1.165) is 6.92 Å². The van der Waals surface area contributed by atoms with E-state index in [1.54, 1.807) is 20.8 Å². The van der Waals surface area contributed by atoms with E-state index < -0.39 is 25.9 Å². The van der Waals surface area contributed by atoms with Crippen molar-refractivity contribution >= 4 is 8.80 Å². The summed E-state index contributed by atoms with van der Waals surface area (Å²) < 4.78 is 55.9. The third-order valence-electron chi connectivity index (χ3n) is 3.37. The molecule has 0 aliphatic rings. The summed E-state index contributed by atoms with van der Waals surface area (Å²) in [4.78, 5) is 0. The van der Waals surface area contributed by atoms with Crippen LogP contribution in [0.25, 0.3) is 0 Å². The Bertz CT molecular complexity index is 252. The SMILES string of the molecule is CCO[Si](OCC)(OCC)C(C)(C)C(C)C(F)(F)F. The van der Waals surface area contributed by atoms with Gasteiger partial charge in [-0.25, -0.2) is 0 Å². The normalized spacial score (nSPS) is 15.6. The maximum absolute atomic E-state index is 13.1. The first kappa shape index (κ1) is 18.9. The van der Waals surface area contributed by atoms with Crippen molar-refractivity contribution in [2.75, 3.05) is 19.8 Å². The van der Waals surface area contributed by atoms with Crippen molar-refractivity contribution in [1.29, 1.82) is 0 Å². The molecule has 3 nitrogen and oxygen atoms in total. The molecule has 19 heavy (non-hydrogen) atoms. The molecule has 0 N–H and O–H groups in total. The van der Waals surface area contributed by atoms with Gasteiger partial charge in [-0.2, -0.15) is 13.2 Å². The largest absolute Gasteiger partial charge is 0.507 e. The number of halogens is 3. The molecule has 0 fully saturated rings. The molecule has 0 aromatic rings. The van der Waals surface area contributed by atoms with Gasteiger partial charge in [0.05, 0.1) is 5.92 Å². The van der Waals surface area contributed by atoms with Gasteiger partial charge in [0.1, 0.15) is 0 Å². The van der Waals surface area contributed by atoms with E-state index in [-0.39, 0.29) is 19.8 Å². The zero-order valence-corrected chi connectivity index (χ0v) is 13.6. The van der Waals surface area contributed by atoms with Crippen LogP contribution in [0.5, 0.6) is 0 Å². The summed E-state index contributed by atoms with van der Waals surface area (Å²) in [6.45, 7) is 10.2. The van der Waals surface area contributed by atoms with E-state index in [0.29, 0.717) is 0 Å². The van der Waals surface area contributed by atoms with E-state index in [1.165, 1.54) is 13.8 Å². The molecule has 0 amide bonds. The first-order chi connectivity index (χ1) is 8.59. The van der Waals surface area contributed by atoms with Gasteiger partial charge in [0.15, 0.2) is 0 Å². The second-order valence-electron chi connectivity index (χ2n) is 4.84. The van der Waals surface area contributed by atoms with Gasteiger partial charge < -0.3 is 13.3 Å². The van der Waals surface area contributed by atoms with Gasteiger partial charge in [-0.15, -0.1) is 0 Å². The zero-order chi connectivity index (χ0) is 15.3. The van der Waals surface area contributed by atoms with Gasteiger partial charge in [0.2, 0.25) is 0 Å². The molecule has 0 radical (unpaired) electrons. The lowest BCUT2D eigenvalue weighted by Gasteiger charge is -2.44. The first-order valence-corrected chi connectivity index (χ1v) is 8.30. The standard InChI is InChI=1S/C12H25F3O3Si/c1-7-16-19(17-8-2,18-9-3)11(5,6)10(4)12(13,14)15/h10H,7-9H2,1-6H3. The maximum atomic E-state index is 13.1. The van der Waals surface area contributed by atoms with Gasteiger partial charge in [-0.05, 0) is 20.8 Å². The van der Waals surface area contributed by atoms with Crippen LogP contribution in [0.15, 0.2) is 0 Å². The number of alkyl halides is 3. The van der Waals surface area contributed by atoms with Crippen LogP contribution >= 0.6 is 0 Å². The molecule has 0 aromatic carbocycles. The van der Waals surface area contributed by atoms with Crippen LogP contribution in [0, 0.1) is 5.92 Å². The Hall–Kier alpha value is -0.113. The average Bonchev–Trinajstić information content (AvgIpc) is 2.27. The van der Waals surface area contributed by atoms with Gasteiger partial charge in [0.25, 0.3) is 0 Å². The Morgan fingerprint density at radius 2 is 1.21 bits per heavy atom. The van der Waals surface area contributed by atoms with E-state index in [9.17, 15) is 13.2 Å². The van der Waals surface area contributed by atoms with Crippen LogP contribution in [-0.4, -0.2) is 34.8 Å². The van der Waals surface area contributed by atoms with Crippen LogP contribution in [0.2, 0.25) is 5.04 Å². The molecule has 116 valence electrons. The summed E-state index contributed by atoms with van der Waals surface area (Å²) in [6, 6.07) is 0. The summed E-state index contributed by atoms with van der Waals surface area (Å²) in [5.74, 6) is -1.57. The molecule has 0 aliphatic heterocycles. The molecule has 0 heterocycles. The van der Waals surface area contributed by atoms with E-state index in [1.807, 2.05) is 0 Å². The smallest absolute Gasteiger partial charge is 0.373 e. The number of rotatable bonds is 8. The molecule has 0 aliphatic carbocycles. The van der Waals surface area contributed by atoms with Crippen LogP contribution in [0.3, 0.4) is 0 Å². The lowest BCUT2D eigenvalue weighted by Crippen LogP contribution is -2.58. The minimum atomic E-state index is -4.31. The zero-order valence-electron chi connectivity index (χ0n) is 12.6. The van der Waals surface area contributed by atoms with E-state index in [4.69, 9.17) is 13.3 Å². The van der Waals surface area contributed by atoms with Gasteiger partial charge >= 0.3 is 15.0 Å². The molecule has 0 saturated heterocycles. The summed E-state index contributed by atoms with van der Waals surface area (Å²) in [5.41, 5.74) is 0. The molecule has 0 saturated carbocycles.